The van der Waals surface area contributed by atoms with Crippen LogP contribution in [0.1, 0.15) is 52.9 Å². The van der Waals surface area contributed by atoms with Crippen molar-refractivity contribution >= 4 is 0 Å². The molecule has 0 amide bonds. The van der Waals surface area contributed by atoms with E-state index < -0.39 is 0 Å². The van der Waals surface area contributed by atoms with Gasteiger partial charge in [0.1, 0.15) is 0 Å². The summed E-state index contributed by atoms with van der Waals surface area (Å²) in [6.07, 6.45) is 6.58. The summed E-state index contributed by atoms with van der Waals surface area (Å²) in [6, 6.07) is 1.25. The number of methoxy groups -OCH3 is 1. The Bertz CT molecular complexity index is 178. The maximum atomic E-state index is 5.30. The van der Waals surface area contributed by atoms with Crippen molar-refractivity contribution in [3.63, 3.8) is 0 Å². The first kappa shape index (κ1) is 14.0. The van der Waals surface area contributed by atoms with Gasteiger partial charge < -0.3 is 10.1 Å². The summed E-state index contributed by atoms with van der Waals surface area (Å²) >= 11 is 0. The summed E-state index contributed by atoms with van der Waals surface area (Å²) in [5.74, 6) is 1.71. The van der Waals surface area contributed by atoms with E-state index in [2.05, 4.69) is 26.1 Å². The van der Waals surface area contributed by atoms with Crippen LogP contribution in [0.4, 0.5) is 0 Å². The smallest absolute Gasteiger partial charge is 0.0615 e. The Kier molecular flexibility index (Phi) is 6.37. The van der Waals surface area contributed by atoms with Gasteiger partial charge in [-0.3, -0.25) is 0 Å². The van der Waals surface area contributed by atoms with Crippen molar-refractivity contribution < 1.29 is 4.74 Å². The lowest BCUT2D eigenvalue weighted by atomic mass is 9.79. The Morgan fingerprint density at radius 1 is 1.31 bits per heavy atom. The van der Waals surface area contributed by atoms with Crippen LogP contribution in [-0.2, 0) is 4.74 Å². The number of rotatable bonds is 6. The van der Waals surface area contributed by atoms with Crippen LogP contribution in [0.2, 0.25) is 0 Å². The first-order valence-corrected chi connectivity index (χ1v) is 6.92. The molecule has 0 bridgehead atoms. The van der Waals surface area contributed by atoms with Crippen LogP contribution in [0, 0.1) is 11.8 Å². The number of hydrogen-bond donors (Lipinski definition) is 1. The molecule has 0 spiro atoms. The lowest BCUT2D eigenvalue weighted by Gasteiger charge is -2.36. The van der Waals surface area contributed by atoms with Crippen molar-refractivity contribution in [3.8, 4) is 0 Å². The summed E-state index contributed by atoms with van der Waals surface area (Å²) in [6.45, 7) is 7.87. The molecule has 0 saturated heterocycles. The lowest BCUT2D eigenvalue weighted by molar-refractivity contribution is 0.134. The van der Waals surface area contributed by atoms with E-state index in [1.165, 1.54) is 32.1 Å². The molecule has 0 radical (unpaired) electrons. The highest BCUT2D eigenvalue weighted by molar-refractivity contribution is 4.84. The average Bonchev–Trinajstić information content (AvgIpc) is 2.24. The molecule has 1 aliphatic carbocycles. The number of hydrogen-bond acceptors (Lipinski definition) is 2. The summed E-state index contributed by atoms with van der Waals surface area (Å²) in [7, 11) is 1.80. The molecule has 0 aromatic rings. The van der Waals surface area contributed by atoms with Gasteiger partial charge in [0.2, 0.25) is 0 Å². The summed E-state index contributed by atoms with van der Waals surface area (Å²) in [5, 5.41) is 3.81. The van der Waals surface area contributed by atoms with Gasteiger partial charge in [0, 0.05) is 19.2 Å². The van der Waals surface area contributed by atoms with Crippen LogP contribution >= 0.6 is 0 Å². The topological polar surface area (TPSA) is 21.3 Å². The first-order chi connectivity index (χ1) is 7.67. The van der Waals surface area contributed by atoms with Crippen LogP contribution in [-0.4, -0.2) is 25.8 Å². The van der Waals surface area contributed by atoms with E-state index in [1.54, 1.807) is 7.11 Å². The van der Waals surface area contributed by atoms with Crippen molar-refractivity contribution in [2.45, 2.75) is 65.0 Å². The molecule has 2 nitrogen and oxygen atoms in total. The molecule has 0 aromatic heterocycles. The minimum absolute atomic E-state index is 0.549. The fraction of sp³-hybridized carbons (Fsp3) is 1.00. The van der Waals surface area contributed by atoms with Gasteiger partial charge in [0.15, 0.2) is 0 Å². The predicted molar refractivity (Wildman–Crippen MR) is 69.7 cm³/mol. The fourth-order valence-electron chi connectivity index (χ4n) is 2.83. The average molecular weight is 227 g/mol. The monoisotopic (exact) mass is 227 g/mol. The van der Waals surface area contributed by atoms with E-state index in [0.29, 0.717) is 12.1 Å². The molecule has 1 N–H and O–H groups in total. The SMILES string of the molecule is CCCC(COC)NC1CC(C)CCC1C. The zero-order valence-electron chi connectivity index (χ0n) is 11.5. The van der Waals surface area contributed by atoms with E-state index in [1.807, 2.05) is 0 Å². The van der Waals surface area contributed by atoms with Crippen molar-refractivity contribution in [3.05, 3.63) is 0 Å². The summed E-state index contributed by atoms with van der Waals surface area (Å²) in [5.41, 5.74) is 0. The Morgan fingerprint density at radius 2 is 2.06 bits per heavy atom. The van der Waals surface area contributed by atoms with Crippen LogP contribution in [0.3, 0.4) is 0 Å². The molecule has 1 aliphatic rings. The molecule has 16 heavy (non-hydrogen) atoms. The molecule has 4 unspecified atom stereocenters. The lowest BCUT2D eigenvalue weighted by Crippen LogP contribution is -2.46. The van der Waals surface area contributed by atoms with Crippen molar-refractivity contribution in [2.75, 3.05) is 13.7 Å². The molecule has 0 aromatic carbocycles. The Hall–Kier alpha value is -0.0800. The zero-order valence-corrected chi connectivity index (χ0v) is 11.5. The quantitative estimate of drug-likeness (QED) is 0.752. The van der Waals surface area contributed by atoms with Gasteiger partial charge in [-0.05, 0) is 31.1 Å². The Labute approximate surface area is 101 Å². The molecule has 1 saturated carbocycles. The van der Waals surface area contributed by atoms with E-state index in [4.69, 9.17) is 4.74 Å². The van der Waals surface area contributed by atoms with Crippen molar-refractivity contribution in [1.82, 2.24) is 5.32 Å². The summed E-state index contributed by atoms with van der Waals surface area (Å²) < 4.78 is 5.30. The predicted octanol–water partition coefficient (Wildman–Crippen LogP) is 3.22. The molecule has 0 aliphatic heterocycles. The third kappa shape index (κ3) is 4.42. The summed E-state index contributed by atoms with van der Waals surface area (Å²) in [4.78, 5) is 0. The van der Waals surface area contributed by atoms with Crippen molar-refractivity contribution in [1.29, 1.82) is 0 Å². The first-order valence-electron chi connectivity index (χ1n) is 6.92. The molecule has 96 valence electrons. The highest BCUT2D eigenvalue weighted by Crippen LogP contribution is 2.28. The third-order valence-electron chi connectivity index (χ3n) is 3.91. The number of ether oxygens (including phenoxy) is 1. The fourth-order valence-corrected chi connectivity index (χ4v) is 2.83. The maximum absolute atomic E-state index is 5.30. The molecule has 1 fully saturated rings. The molecular weight excluding hydrogens is 198 g/mol. The van der Waals surface area contributed by atoms with Gasteiger partial charge in [0.25, 0.3) is 0 Å². The molecule has 2 heteroatoms. The van der Waals surface area contributed by atoms with Gasteiger partial charge in [-0.2, -0.15) is 0 Å². The second kappa shape index (κ2) is 7.29. The van der Waals surface area contributed by atoms with E-state index >= 15 is 0 Å². The molecule has 0 heterocycles. The van der Waals surface area contributed by atoms with Crippen LogP contribution < -0.4 is 5.32 Å². The largest absolute Gasteiger partial charge is 0.383 e. The van der Waals surface area contributed by atoms with E-state index in [9.17, 15) is 0 Å². The highest BCUT2D eigenvalue weighted by atomic mass is 16.5. The number of nitrogens with one attached hydrogen (secondary N) is 1. The maximum Gasteiger partial charge on any atom is 0.0615 e. The van der Waals surface area contributed by atoms with Gasteiger partial charge in [-0.25, -0.2) is 0 Å². The van der Waals surface area contributed by atoms with Gasteiger partial charge in [0.05, 0.1) is 6.61 Å². The Balaban J connectivity index is 2.41. The normalized spacial score (nSPS) is 32.6. The minimum atomic E-state index is 0.549. The van der Waals surface area contributed by atoms with Gasteiger partial charge in [-0.15, -0.1) is 0 Å². The zero-order chi connectivity index (χ0) is 12.0. The highest BCUT2D eigenvalue weighted by Gasteiger charge is 2.26. The molecular formula is C14H29NO. The van der Waals surface area contributed by atoms with Crippen LogP contribution in [0.15, 0.2) is 0 Å². The standard InChI is InChI=1S/C14H29NO/c1-5-6-13(10-16-4)15-14-9-11(2)7-8-12(14)3/h11-15H,5-10H2,1-4H3. The minimum Gasteiger partial charge on any atom is -0.383 e. The third-order valence-corrected chi connectivity index (χ3v) is 3.91. The van der Waals surface area contributed by atoms with Gasteiger partial charge >= 0.3 is 0 Å². The molecule has 1 rings (SSSR count). The Morgan fingerprint density at radius 3 is 2.69 bits per heavy atom. The van der Waals surface area contributed by atoms with Crippen molar-refractivity contribution in [2.24, 2.45) is 11.8 Å². The van der Waals surface area contributed by atoms with Gasteiger partial charge in [-0.1, -0.05) is 33.6 Å². The second-order valence-electron chi connectivity index (χ2n) is 5.61. The second-order valence-corrected chi connectivity index (χ2v) is 5.61. The van der Waals surface area contributed by atoms with E-state index in [0.717, 1.165) is 18.4 Å². The van der Waals surface area contributed by atoms with Crippen LogP contribution in [0.5, 0.6) is 0 Å². The van der Waals surface area contributed by atoms with Crippen LogP contribution in [0.25, 0.3) is 0 Å². The molecule has 4 atom stereocenters. The van der Waals surface area contributed by atoms with E-state index in [-0.39, 0.29) is 0 Å².